The highest BCUT2D eigenvalue weighted by Gasteiger charge is 2.08. The summed E-state index contributed by atoms with van der Waals surface area (Å²) in [5.41, 5.74) is 5.80. The van der Waals surface area contributed by atoms with E-state index in [1.165, 1.54) is 62.7 Å². The molecule has 0 aromatic heterocycles. The van der Waals surface area contributed by atoms with Crippen molar-refractivity contribution in [1.29, 1.82) is 0 Å². The van der Waals surface area contributed by atoms with Gasteiger partial charge in [-0.15, -0.1) is 0 Å². The van der Waals surface area contributed by atoms with Crippen molar-refractivity contribution in [2.24, 2.45) is 0 Å². The first kappa shape index (κ1) is 32.8. The predicted molar refractivity (Wildman–Crippen MR) is 185 cm³/mol. The van der Waals surface area contributed by atoms with Gasteiger partial charge in [-0.2, -0.15) is 0 Å². The Bertz CT molecular complexity index is 1130. The van der Waals surface area contributed by atoms with E-state index in [9.17, 15) is 10.2 Å². The summed E-state index contributed by atoms with van der Waals surface area (Å²) in [5.74, 6) is 0.284. The molecule has 0 saturated carbocycles. The zero-order valence-electron chi connectivity index (χ0n) is 26.4. The van der Waals surface area contributed by atoms with Crippen LogP contribution in [0.3, 0.4) is 0 Å². The third kappa shape index (κ3) is 10.3. The summed E-state index contributed by atoms with van der Waals surface area (Å²) in [5, 5.41) is 21.4. The van der Waals surface area contributed by atoms with Crippen molar-refractivity contribution in [2.75, 3.05) is 36.0 Å². The van der Waals surface area contributed by atoms with Gasteiger partial charge in [0.05, 0.1) is 0 Å². The molecule has 4 nitrogen and oxygen atoms in total. The molecule has 0 aliphatic heterocycles. The van der Waals surface area contributed by atoms with Gasteiger partial charge in [-0.1, -0.05) is 102 Å². The van der Waals surface area contributed by atoms with E-state index in [1.807, 2.05) is 24.3 Å². The van der Waals surface area contributed by atoms with Gasteiger partial charge in [-0.3, -0.25) is 0 Å². The van der Waals surface area contributed by atoms with Gasteiger partial charge in [-0.25, -0.2) is 0 Å². The average Bonchev–Trinajstić information content (AvgIpc) is 3.01. The number of aromatic hydroxyl groups is 2. The Kier molecular flexibility index (Phi) is 14.1. The van der Waals surface area contributed by atoms with Crippen LogP contribution in [0.1, 0.15) is 101 Å². The highest BCUT2D eigenvalue weighted by molar-refractivity contribution is 5.79. The second-order valence-corrected chi connectivity index (χ2v) is 11.2. The molecule has 2 N–H and O–H groups in total. The lowest BCUT2D eigenvalue weighted by Gasteiger charge is -2.24. The second-order valence-electron chi connectivity index (χ2n) is 11.2. The number of benzene rings is 3. The van der Waals surface area contributed by atoms with E-state index in [0.717, 1.165) is 37.3 Å². The standard InChI is InChI=1S/C38H52N2O2/c1-5-9-25-39(26-10-6-2)35-21-15-31(16-22-35)13-19-33-29-38(42)34(30-37(33)41)20-14-32-17-23-36(24-18-32)40(27-11-7-3)28-12-8-4/h13-24,29-30,41-42H,5-12,25-28H2,1-4H3/b19-13+,20-14+. The van der Waals surface area contributed by atoms with Crippen LogP contribution in [-0.4, -0.2) is 36.4 Å². The second kappa shape index (κ2) is 18.0. The monoisotopic (exact) mass is 568 g/mol. The number of rotatable bonds is 18. The van der Waals surface area contributed by atoms with Crippen LogP contribution in [0.5, 0.6) is 11.5 Å². The van der Waals surface area contributed by atoms with E-state index in [2.05, 4.69) is 86.0 Å². The van der Waals surface area contributed by atoms with Crippen LogP contribution in [0.2, 0.25) is 0 Å². The summed E-state index contributed by atoms with van der Waals surface area (Å²) in [6, 6.07) is 20.4. The molecular formula is C38H52N2O2. The van der Waals surface area contributed by atoms with Crippen molar-refractivity contribution in [2.45, 2.75) is 79.1 Å². The van der Waals surface area contributed by atoms with Crippen LogP contribution in [-0.2, 0) is 0 Å². The molecule has 0 unspecified atom stereocenters. The van der Waals surface area contributed by atoms with Gasteiger partial charge in [0.15, 0.2) is 0 Å². The lowest BCUT2D eigenvalue weighted by molar-refractivity contribution is 0.458. The van der Waals surface area contributed by atoms with Gasteiger partial charge in [-0.05, 0) is 73.2 Å². The molecule has 0 atom stereocenters. The first-order valence-electron chi connectivity index (χ1n) is 16.1. The van der Waals surface area contributed by atoms with E-state index in [1.54, 1.807) is 12.1 Å². The van der Waals surface area contributed by atoms with Crippen molar-refractivity contribution >= 4 is 35.7 Å². The Hall–Kier alpha value is -3.66. The van der Waals surface area contributed by atoms with Crippen molar-refractivity contribution in [3.8, 4) is 11.5 Å². The van der Waals surface area contributed by atoms with Crippen molar-refractivity contribution in [1.82, 2.24) is 0 Å². The van der Waals surface area contributed by atoms with Gasteiger partial charge in [0.25, 0.3) is 0 Å². The molecule has 0 amide bonds. The summed E-state index contributed by atoms with van der Waals surface area (Å²) >= 11 is 0. The first-order valence-corrected chi connectivity index (χ1v) is 16.1. The fraction of sp³-hybridized carbons (Fsp3) is 0.421. The number of phenolic OH excluding ortho intramolecular Hbond substituents is 2. The van der Waals surface area contributed by atoms with Crippen molar-refractivity contribution in [3.05, 3.63) is 82.9 Å². The smallest absolute Gasteiger partial charge is 0.123 e. The number of anilines is 2. The zero-order chi connectivity index (χ0) is 30.2. The third-order valence-corrected chi connectivity index (χ3v) is 7.73. The van der Waals surface area contributed by atoms with Crippen LogP contribution in [0.15, 0.2) is 60.7 Å². The Balaban J connectivity index is 1.67. The molecule has 3 aromatic rings. The molecule has 3 aromatic carbocycles. The Morgan fingerprint density at radius 1 is 0.476 bits per heavy atom. The Labute approximate surface area is 255 Å². The molecule has 0 fully saturated rings. The molecule has 0 saturated heterocycles. The largest absolute Gasteiger partial charge is 0.507 e. The van der Waals surface area contributed by atoms with Gasteiger partial charge < -0.3 is 20.0 Å². The molecule has 0 bridgehead atoms. The minimum Gasteiger partial charge on any atom is -0.507 e. The maximum atomic E-state index is 10.7. The summed E-state index contributed by atoms with van der Waals surface area (Å²) < 4.78 is 0. The number of hydrogen-bond donors (Lipinski definition) is 2. The molecule has 226 valence electrons. The Morgan fingerprint density at radius 3 is 1.07 bits per heavy atom. The maximum absolute atomic E-state index is 10.7. The summed E-state index contributed by atoms with van der Waals surface area (Å²) in [4.78, 5) is 4.95. The number of phenols is 2. The first-order chi connectivity index (χ1) is 20.5. The van der Waals surface area contributed by atoms with Crippen LogP contribution in [0, 0.1) is 0 Å². The van der Waals surface area contributed by atoms with Gasteiger partial charge in [0.2, 0.25) is 0 Å². The normalized spacial score (nSPS) is 11.5. The molecule has 0 heterocycles. The lowest BCUT2D eigenvalue weighted by Crippen LogP contribution is -2.25. The molecular weight excluding hydrogens is 516 g/mol. The van der Waals surface area contributed by atoms with Crippen LogP contribution >= 0.6 is 0 Å². The molecule has 42 heavy (non-hydrogen) atoms. The van der Waals surface area contributed by atoms with Crippen LogP contribution in [0.4, 0.5) is 11.4 Å². The van der Waals surface area contributed by atoms with Crippen LogP contribution < -0.4 is 9.80 Å². The van der Waals surface area contributed by atoms with E-state index >= 15 is 0 Å². The fourth-order valence-electron chi connectivity index (χ4n) is 4.98. The van der Waals surface area contributed by atoms with Crippen molar-refractivity contribution < 1.29 is 10.2 Å². The average molecular weight is 569 g/mol. The van der Waals surface area contributed by atoms with E-state index in [4.69, 9.17) is 0 Å². The molecule has 0 aliphatic rings. The SMILES string of the molecule is CCCCN(CCCC)c1ccc(/C=C/c2cc(O)c(/C=C/c3ccc(N(CCCC)CCCC)cc3)cc2O)cc1. The van der Waals surface area contributed by atoms with Crippen molar-refractivity contribution in [3.63, 3.8) is 0 Å². The predicted octanol–water partition coefficient (Wildman–Crippen LogP) is 10.3. The molecule has 0 aliphatic carbocycles. The zero-order valence-corrected chi connectivity index (χ0v) is 26.4. The highest BCUT2D eigenvalue weighted by Crippen LogP contribution is 2.30. The van der Waals surface area contributed by atoms with Gasteiger partial charge in [0.1, 0.15) is 11.5 Å². The van der Waals surface area contributed by atoms with E-state index in [0.29, 0.717) is 11.1 Å². The summed E-state index contributed by atoms with van der Waals surface area (Å²) in [6.07, 6.45) is 17.2. The number of hydrogen-bond acceptors (Lipinski definition) is 4. The van der Waals surface area contributed by atoms with Gasteiger partial charge in [0, 0.05) is 48.7 Å². The number of unbranched alkanes of at least 4 members (excludes halogenated alkanes) is 4. The number of nitrogens with zero attached hydrogens (tertiary/aromatic N) is 2. The molecule has 0 radical (unpaired) electrons. The third-order valence-electron chi connectivity index (χ3n) is 7.73. The Morgan fingerprint density at radius 2 is 0.786 bits per heavy atom. The molecule has 4 heteroatoms. The van der Waals surface area contributed by atoms with Gasteiger partial charge >= 0.3 is 0 Å². The summed E-state index contributed by atoms with van der Waals surface area (Å²) in [7, 11) is 0. The minimum absolute atomic E-state index is 0.142. The maximum Gasteiger partial charge on any atom is 0.123 e. The minimum atomic E-state index is 0.142. The van der Waals surface area contributed by atoms with E-state index in [-0.39, 0.29) is 11.5 Å². The highest BCUT2D eigenvalue weighted by atomic mass is 16.3. The summed E-state index contributed by atoms with van der Waals surface area (Å²) in [6.45, 7) is 13.3. The topological polar surface area (TPSA) is 46.9 Å². The molecule has 0 spiro atoms. The molecule has 3 rings (SSSR count). The van der Waals surface area contributed by atoms with Crippen LogP contribution in [0.25, 0.3) is 24.3 Å². The van der Waals surface area contributed by atoms with E-state index < -0.39 is 0 Å². The fourth-order valence-corrected chi connectivity index (χ4v) is 4.98. The quantitative estimate of drug-likeness (QED) is 0.118. The lowest BCUT2D eigenvalue weighted by atomic mass is 10.1.